The van der Waals surface area contributed by atoms with Crippen LogP contribution in [0.2, 0.25) is 0 Å². The monoisotopic (exact) mass is 158 g/mol. The molecule has 0 heterocycles. The average Bonchev–Trinajstić information content (AvgIpc) is 2.32. The van der Waals surface area contributed by atoms with Gasteiger partial charge in [-0.05, 0) is 25.7 Å². The van der Waals surface area contributed by atoms with Crippen LogP contribution in [0.5, 0.6) is 0 Å². The molecular formula is C9H18O2. The van der Waals surface area contributed by atoms with E-state index in [4.69, 9.17) is 9.84 Å². The second kappa shape index (κ2) is 4.07. The minimum atomic E-state index is 0.287. The molecule has 2 unspecified atom stereocenters. The third kappa shape index (κ3) is 2.17. The molecule has 1 aliphatic rings. The summed E-state index contributed by atoms with van der Waals surface area (Å²) in [6.45, 7) is 5.29. The van der Waals surface area contributed by atoms with Crippen LogP contribution in [0, 0.1) is 11.8 Å². The smallest absolute Gasteiger partial charge is 0.0627 e. The van der Waals surface area contributed by atoms with Crippen molar-refractivity contribution in [3.8, 4) is 0 Å². The molecule has 0 radical (unpaired) electrons. The van der Waals surface area contributed by atoms with Crippen LogP contribution in [0.4, 0.5) is 0 Å². The molecule has 2 heteroatoms. The molecule has 0 amide bonds. The van der Waals surface area contributed by atoms with Gasteiger partial charge in [0.25, 0.3) is 0 Å². The highest BCUT2D eigenvalue weighted by Crippen LogP contribution is 2.32. The van der Waals surface area contributed by atoms with E-state index in [1.54, 1.807) is 0 Å². The maximum atomic E-state index is 9.00. The molecule has 1 N–H and O–H groups in total. The maximum absolute atomic E-state index is 9.00. The van der Waals surface area contributed by atoms with Gasteiger partial charge in [-0.3, -0.25) is 0 Å². The van der Waals surface area contributed by atoms with Crippen molar-refractivity contribution in [2.24, 2.45) is 11.8 Å². The fourth-order valence-electron chi connectivity index (χ4n) is 1.96. The lowest BCUT2D eigenvalue weighted by Crippen LogP contribution is -2.20. The number of aliphatic hydroxyl groups is 1. The van der Waals surface area contributed by atoms with E-state index >= 15 is 0 Å². The predicted octanol–water partition coefficient (Wildman–Crippen LogP) is 1.43. The van der Waals surface area contributed by atoms with Gasteiger partial charge in [0.05, 0.1) is 6.10 Å². The van der Waals surface area contributed by atoms with Gasteiger partial charge in [-0.1, -0.05) is 6.92 Å². The predicted molar refractivity (Wildman–Crippen MR) is 44.4 cm³/mol. The Hall–Kier alpha value is -0.0800. The highest BCUT2D eigenvalue weighted by atomic mass is 16.5. The molecule has 1 saturated carbocycles. The number of hydrogen-bond acceptors (Lipinski definition) is 2. The molecule has 0 aliphatic heterocycles. The van der Waals surface area contributed by atoms with Crippen LogP contribution in [0.25, 0.3) is 0 Å². The summed E-state index contributed by atoms with van der Waals surface area (Å²) in [5, 5.41) is 9.00. The lowest BCUT2D eigenvalue weighted by Gasteiger charge is -2.16. The van der Waals surface area contributed by atoms with Crippen LogP contribution in [0.1, 0.15) is 26.7 Å². The molecule has 2 nitrogen and oxygen atoms in total. The Labute approximate surface area is 68.6 Å². The van der Waals surface area contributed by atoms with Gasteiger partial charge in [-0.25, -0.2) is 0 Å². The molecule has 0 saturated heterocycles. The SMILES string of the molecule is CCO[C@@H]1CC(C)CC1CO. The summed E-state index contributed by atoms with van der Waals surface area (Å²) < 4.78 is 5.52. The second-order valence-corrected chi connectivity index (χ2v) is 3.51. The Balaban J connectivity index is 2.37. The van der Waals surface area contributed by atoms with Crippen molar-refractivity contribution in [3.05, 3.63) is 0 Å². The lowest BCUT2D eigenvalue weighted by molar-refractivity contribution is 0.0171. The first-order valence-corrected chi connectivity index (χ1v) is 4.50. The molecule has 66 valence electrons. The van der Waals surface area contributed by atoms with Crippen LogP contribution < -0.4 is 0 Å². The van der Waals surface area contributed by atoms with Crippen LogP contribution in [-0.2, 0) is 4.74 Å². The van der Waals surface area contributed by atoms with Crippen molar-refractivity contribution in [2.45, 2.75) is 32.8 Å². The minimum Gasteiger partial charge on any atom is -0.396 e. The van der Waals surface area contributed by atoms with E-state index in [2.05, 4.69) is 6.92 Å². The van der Waals surface area contributed by atoms with Crippen LogP contribution in [-0.4, -0.2) is 24.4 Å². The third-order valence-electron chi connectivity index (χ3n) is 2.48. The first kappa shape index (κ1) is 9.01. The van der Waals surface area contributed by atoms with E-state index < -0.39 is 0 Å². The van der Waals surface area contributed by atoms with Crippen molar-refractivity contribution in [3.63, 3.8) is 0 Å². The molecule has 11 heavy (non-hydrogen) atoms. The van der Waals surface area contributed by atoms with Gasteiger partial charge in [0.2, 0.25) is 0 Å². The fraction of sp³-hybridized carbons (Fsp3) is 1.00. The topological polar surface area (TPSA) is 29.5 Å². The normalized spacial score (nSPS) is 37.9. The van der Waals surface area contributed by atoms with Gasteiger partial charge in [-0.2, -0.15) is 0 Å². The third-order valence-corrected chi connectivity index (χ3v) is 2.48. The van der Waals surface area contributed by atoms with E-state index in [0.717, 1.165) is 25.4 Å². The van der Waals surface area contributed by atoms with Gasteiger partial charge in [0.1, 0.15) is 0 Å². The Morgan fingerprint density at radius 1 is 1.45 bits per heavy atom. The van der Waals surface area contributed by atoms with Crippen molar-refractivity contribution >= 4 is 0 Å². The number of rotatable bonds is 3. The van der Waals surface area contributed by atoms with Gasteiger partial charge in [0, 0.05) is 19.1 Å². The largest absolute Gasteiger partial charge is 0.396 e. The molecule has 0 spiro atoms. The molecule has 0 bridgehead atoms. The molecule has 1 fully saturated rings. The molecule has 0 aromatic heterocycles. The molecular weight excluding hydrogens is 140 g/mol. The number of aliphatic hydroxyl groups excluding tert-OH is 1. The summed E-state index contributed by atoms with van der Waals surface area (Å²) in [6, 6.07) is 0. The van der Waals surface area contributed by atoms with E-state index in [1.807, 2.05) is 6.92 Å². The van der Waals surface area contributed by atoms with Crippen molar-refractivity contribution < 1.29 is 9.84 Å². The van der Waals surface area contributed by atoms with Gasteiger partial charge >= 0.3 is 0 Å². The second-order valence-electron chi connectivity index (χ2n) is 3.51. The number of ether oxygens (including phenoxy) is 1. The highest BCUT2D eigenvalue weighted by Gasteiger charge is 2.31. The molecule has 1 aliphatic carbocycles. The molecule has 0 aromatic carbocycles. The Kier molecular flexibility index (Phi) is 3.34. The lowest BCUT2D eigenvalue weighted by atomic mass is 10.1. The zero-order chi connectivity index (χ0) is 8.27. The first-order chi connectivity index (χ1) is 5.27. The van der Waals surface area contributed by atoms with Crippen molar-refractivity contribution in [2.75, 3.05) is 13.2 Å². The fourth-order valence-corrected chi connectivity index (χ4v) is 1.96. The highest BCUT2D eigenvalue weighted by molar-refractivity contribution is 4.81. The summed E-state index contributed by atoms with van der Waals surface area (Å²) in [5.74, 6) is 1.12. The summed E-state index contributed by atoms with van der Waals surface area (Å²) in [7, 11) is 0. The van der Waals surface area contributed by atoms with Crippen molar-refractivity contribution in [1.29, 1.82) is 0 Å². The summed E-state index contributed by atoms with van der Waals surface area (Å²) in [5.41, 5.74) is 0. The van der Waals surface area contributed by atoms with E-state index in [-0.39, 0.29) is 6.61 Å². The number of hydrogen-bond donors (Lipinski definition) is 1. The van der Waals surface area contributed by atoms with Gasteiger partial charge < -0.3 is 9.84 Å². The average molecular weight is 158 g/mol. The standard InChI is InChI=1S/C9H18O2/c1-3-11-9-5-7(2)4-8(9)6-10/h7-10H,3-6H2,1-2H3/t7?,8?,9-/m1/s1. The molecule has 3 atom stereocenters. The Morgan fingerprint density at radius 3 is 2.73 bits per heavy atom. The van der Waals surface area contributed by atoms with E-state index in [1.165, 1.54) is 0 Å². The van der Waals surface area contributed by atoms with Crippen LogP contribution in [0.3, 0.4) is 0 Å². The Bertz CT molecular complexity index is 114. The van der Waals surface area contributed by atoms with Gasteiger partial charge in [0.15, 0.2) is 0 Å². The van der Waals surface area contributed by atoms with Crippen LogP contribution >= 0.6 is 0 Å². The van der Waals surface area contributed by atoms with Crippen molar-refractivity contribution in [1.82, 2.24) is 0 Å². The van der Waals surface area contributed by atoms with Crippen LogP contribution in [0.15, 0.2) is 0 Å². The quantitative estimate of drug-likeness (QED) is 0.673. The summed E-state index contributed by atoms with van der Waals surface area (Å²) in [6.07, 6.45) is 2.57. The summed E-state index contributed by atoms with van der Waals surface area (Å²) >= 11 is 0. The minimum absolute atomic E-state index is 0.287. The van der Waals surface area contributed by atoms with E-state index in [9.17, 15) is 0 Å². The zero-order valence-corrected chi connectivity index (χ0v) is 7.42. The first-order valence-electron chi connectivity index (χ1n) is 4.50. The molecule has 1 rings (SSSR count). The van der Waals surface area contributed by atoms with Gasteiger partial charge in [-0.15, -0.1) is 0 Å². The zero-order valence-electron chi connectivity index (χ0n) is 7.42. The Morgan fingerprint density at radius 2 is 2.18 bits per heavy atom. The molecule has 0 aromatic rings. The summed E-state index contributed by atoms with van der Waals surface area (Å²) in [4.78, 5) is 0. The van der Waals surface area contributed by atoms with E-state index in [0.29, 0.717) is 12.0 Å². The maximum Gasteiger partial charge on any atom is 0.0627 e.